The fourth-order valence-electron chi connectivity index (χ4n) is 1.58. The van der Waals surface area contributed by atoms with Crippen LogP contribution >= 0.6 is 15.9 Å². The first-order chi connectivity index (χ1) is 5.92. The van der Waals surface area contributed by atoms with Gasteiger partial charge in [-0.3, -0.25) is 0 Å². The highest BCUT2D eigenvalue weighted by Gasteiger charge is 2.19. The lowest BCUT2D eigenvalue weighted by atomic mass is 9.95. The van der Waals surface area contributed by atoms with E-state index in [9.17, 15) is 0 Å². The van der Waals surface area contributed by atoms with Crippen molar-refractivity contribution in [3.8, 4) is 5.75 Å². The number of benzene rings is 1. The minimum Gasteiger partial charge on any atom is -0.493 e. The third kappa shape index (κ3) is 1.36. The Morgan fingerprint density at radius 1 is 1.42 bits per heavy atom. The van der Waals surface area contributed by atoms with Gasteiger partial charge in [0.25, 0.3) is 0 Å². The van der Waals surface area contributed by atoms with E-state index in [2.05, 4.69) is 28.1 Å². The van der Waals surface area contributed by atoms with Gasteiger partial charge in [0.2, 0.25) is 0 Å². The summed E-state index contributed by atoms with van der Waals surface area (Å²) < 4.78 is 5.53. The number of fused-ring (bicyclic) bond motifs is 1. The normalized spacial score (nSPS) is 21.2. The van der Waals surface area contributed by atoms with Gasteiger partial charge in [-0.1, -0.05) is 34.1 Å². The van der Waals surface area contributed by atoms with Crippen molar-refractivity contribution in [1.82, 2.24) is 0 Å². The van der Waals surface area contributed by atoms with Crippen molar-refractivity contribution in [2.24, 2.45) is 0 Å². The zero-order valence-corrected chi connectivity index (χ0v) is 8.38. The molecule has 0 fully saturated rings. The number of para-hydroxylation sites is 1. The van der Waals surface area contributed by atoms with Crippen LogP contribution in [0.25, 0.3) is 0 Å². The van der Waals surface area contributed by atoms with Crippen molar-refractivity contribution in [2.75, 3.05) is 11.9 Å². The molecule has 0 aliphatic carbocycles. The van der Waals surface area contributed by atoms with Crippen LogP contribution in [0, 0.1) is 0 Å². The van der Waals surface area contributed by atoms with Gasteiger partial charge >= 0.3 is 0 Å². The summed E-state index contributed by atoms with van der Waals surface area (Å²) in [6.45, 7) is 0.854. The van der Waals surface area contributed by atoms with Gasteiger partial charge in [-0.2, -0.15) is 0 Å². The van der Waals surface area contributed by atoms with Gasteiger partial charge in [0, 0.05) is 11.2 Å². The molecule has 64 valence electrons. The van der Waals surface area contributed by atoms with Crippen molar-refractivity contribution in [1.29, 1.82) is 0 Å². The molecule has 0 bridgehead atoms. The number of hydrogen-bond acceptors (Lipinski definition) is 1. The van der Waals surface area contributed by atoms with Gasteiger partial charge in [0.1, 0.15) is 5.75 Å². The van der Waals surface area contributed by atoms with Crippen LogP contribution in [0.5, 0.6) is 5.75 Å². The van der Waals surface area contributed by atoms with Crippen LogP contribution in [0.1, 0.15) is 17.9 Å². The van der Waals surface area contributed by atoms with Crippen molar-refractivity contribution >= 4 is 15.9 Å². The van der Waals surface area contributed by atoms with Gasteiger partial charge in [0.05, 0.1) is 6.61 Å². The Labute approximate surface area is 80.9 Å². The molecule has 1 atom stereocenters. The lowest BCUT2D eigenvalue weighted by Gasteiger charge is -2.23. The summed E-state index contributed by atoms with van der Waals surface area (Å²) in [6.07, 6.45) is 1.13. The first-order valence-corrected chi connectivity index (χ1v) is 5.31. The van der Waals surface area contributed by atoms with E-state index in [1.165, 1.54) is 5.56 Å². The van der Waals surface area contributed by atoms with Crippen molar-refractivity contribution in [3.05, 3.63) is 29.8 Å². The maximum Gasteiger partial charge on any atom is 0.122 e. The second kappa shape index (κ2) is 3.48. The predicted molar refractivity (Wildman–Crippen MR) is 53.1 cm³/mol. The monoisotopic (exact) mass is 226 g/mol. The summed E-state index contributed by atoms with van der Waals surface area (Å²) in [4.78, 5) is 0. The molecule has 0 saturated heterocycles. The molecule has 1 nitrogen and oxygen atoms in total. The first kappa shape index (κ1) is 8.11. The Morgan fingerprint density at radius 2 is 2.25 bits per heavy atom. The molecule has 0 saturated carbocycles. The van der Waals surface area contributed by atoms with E-state index in [0.717, 1.165) is 24.1 Å². The second-order valence-electron chi connectivity index (χ2n) is 3.03. The largest absolute Gasteiger partial charge is 0.493 e. The van der Waals surface area contributed by atoms with E-state index < -0.39 is 0 Å². The van der Waals surface area contributed by atoms with Gasteiger partial charge in [-0.25, -0.2) is 0 Å². The average molecular weight is 227 g/mol. The Kier molecular flexibility index (Phi) is 2.35. The molecule has 1 aromatic rings. The van der Waals surface area contributed by atoms with Crippen molar-refractivity contribution < 1.29 is 4.74 Å². The first-order valence-electron chi connectivity index (χ1n) is 4.19. The molecule has 0 N–H and O–H groups in total. The smallest absolute Gasteiger partial charge is 0.122 e. The molecule has 0 amide bonds. The lowest BCUT2D eigenvalue weighted by molar-refractivity contribution is 0.273. The van der Waals surface area contributed by atoms with E-state index >= 15 is 0 Å². The van der Waals surface area contributed by atoms with Crippen LogP contribution in [-0.2, 0) is 0 Å². The maximum absolute atomic E-state index is 5.53. The Bertz CT molecular complexity index is 272. The third-order valence-electron chi connectivity index (χ3n) is 2.27. The van der Waals surface area contributed by atoms with Crippen LogP contribution in [0.2, 0.25) is 0 Å². The van der Waals surface area contributed by atoms with E-state index in [-0.39, 0.29) is 0 Å². The fourth-order valence-corrected chi connectivity index (χ4v) is 2.25. The molecule has 1 aliphatic heterocycles. The summed E-state index contributed by atoms with van der Waals surface area (Å²) in [7, 11) is 0. The fraction of sp³-hybridized carbons (Fsp3) is 0.400. The van der Waals surface area contributed by atoms with Crippen LogP contribution in [-0.4, -0.2) is 11.9 Å². The van der Waals surface area contributed by atoms with Crippen molar-refractivity contribution in [3.63, 3.8) is 0 Å². The zero-order chi connectivity index (χ0) is 8.39. The zero-order valence-electron chi connectivity index (χ0n) is 6.79. The van der Waals surface area contributed by atoms with E-state index in [4.69, 9.17) is 4.74 Å². The molecule has 2 rings (SSSR count). The summed E-state index contributed by atoms with van der Waals surface area (Å²) in [5, 5.41) is 1.04. The molecular weight excluding hydrogens is 216 g/mol. The summed E-state index contributed by atoms with van der Waals surface area (Å²) in [5.41, 5.74) is 1.35. The van der Waals surface area contributed by atoms with Gasteiger partial charge in [0.15, 0.2) is 0 Å². The van der Waals surface area contributed by atoms with E-state index in [1.54, 1.807) is 0 Å². The Balaban J connectivity index is 2.37. The van der Waals surface area contributed by atoms with E-state index in [0.29, 0.717) is 5.92 Å². The molecule has 2 heteroatoms. The highest BCUT2D eigenvalue weighted by Crippen LogP contribution is 2.33. The molecule has 1 unspecified atom stereocenters. The predicted octanol–water partition coefficient (Wildman–Crippen LogP) is 2.95. The van der Waals surface area contributed by atoms with Crippen molar-refractivity contribution in [2.45, 2.75) is 12.3 Å². The number of halogens is 1. The molecule has 0 aromatic heterocycles. The quantitative estimate of drug-likeness (QED) is 0.670. The van der Waals surface area contributed by atoms with Crippen LogP contribution in [0.15, 0.2) is 24.3 Å². The number of ether oxygens (including phenoxy) is 1. The van der Waals surface area contributed by atoms with E-state index in [1.807, 2.05) is 12.1 Å². The summed E-state index contributed by atoms with van der Waals surface area (Å²) >= 11 is 3.53. The number of rotatable bonds is 1. The minimum atomic E-state index is 0.634. The molecule has 0 radical (unpaired) electrons. The van der Waals surface area contributed by atoms with Gasteiger partial charge in [-0.15, -0.1) is 0 Å². The highest BCUT2D eigenvalue weighted by atomic mass is 79.9. The van der Waals surface area contributed by atoms with Crippen LogP contribution < -0.4 is 4.74 Å². The van der Waals surface area contributed by atoms with Gasteiger partial charge < -0.3 is 4.74 Å². The molecule has 12 heavy (non-hydrogen) atoms. The summed E-state index contributed by atoms with van der Waals surface area (Å²) in [6, 6.07) is 8.29. The lowest BCUT2D eigenvalue weighted by Crippen LogP contribution is -2.14. The molecule has 1 aromatic carbocycles. The number of alkyl halides is 1. The highest BCUT2D eigenvalue weighted by molar-refractivity contribution is 9.09. The minimum absolute atomic E-state index is 0.634. The third-order valence-corrected chi connectivity index (χ3v) is 3.05. The Hall–Kier alpha value is -0.500. The molecule has 1 aliphatic rings. The SMILES string of the molecule is BrCC1CCOc2ccccc21. The molecular formula is C10H11BrO. The average Bonchev–Trinajstić information content (AvgIpc) is 2.17. The van der Waals surface area contributed by atoms with Crippen LogP contribution in [0.4, 0.5) is 0 Å². The number of hydrogen-bond donors (Lipinski definition) is 0. The summed E-state index contributed by atoms with van der Waals surface area (Å²) in [5.74, 6) is 1.70. The molecule has 1 heterocycles. The topological polar surface area (TPSA) is 9.23 Å². The Morgan fingerprint density at radius 3 is 3.08 bits per heavy atom. The van der Waals surface area contributed by atoms with Crippen LogP contribution in [0.3, 0.4) is 0 Å². The second-order valence-corrected chi connectivity index (χ2v) is 3.67. The molecule has 0 spiro atoms. The van der Waals surface area contributed by atoms with Gasteiger partial charge in [-0.05, 0) is 18.1 Å². The maximum atomic E-state index is 5.53. The standard InChI is InChI=1S/C10H11BrO/c11-7-8-5-6-12-10-4-2-1-3-9(8)10/h1-4,8H,5-7H2.